The number of amides is 11. The van der Waals surface area contributed by atoms with Crippen molar-refractivity contribution in [3.05, 3.63) is 30.3 Å². The Balaban J connectivity index is 2.97. The second-order valence-corrected chi connectivity index (χ2v) is 26.5. The van der Waals surface area contributed by atoms with Gasteiger partial charge in [-0.1, -0.05) is 115 Å². The number of aliphatic hydroxyl groups is 1. The summed E-state index contributed by atoms with van der Waals surface area (Å²) in [4.78, 5) is 169. The first-order valence-electron chi connectivity index (χ1n) is 31.2. The van der Waals surface area contributed by atoms with E-state index in [2.05, 4.69) is 21.3 Å². The minimum Gasteiger partial charge on any atom is -0.493 e. The van der Waals surface area contributed by atoms with Crippen LogP contribution < -0.4 is 26.0 Å². The van der Waals surface area contributed by atoms with Crippen LogP contribution in [0.2, 0.25) is 0 Å². The number of nitrogens with zero attached hydrogens (tertiary/aromatic N) is 7. The van der Waals surface area contributed by atoms with E-state index in [-0.39, 0.29) is 50.0 Å². The highest BCUT2D eigenvalue weighted by Crippen LogP contribution is 2.25. The first-order valence-corrected chi connectivity index (χ1v) is 31.2. The smallest absolute Gasteiger partial charge is 0.246 e. The van der Waals surface area contributed by atoms with Crippen molar-refractivity contribution in [3.63, 3.8) is 0 Å². The molecule has 0 spiro atoms. The molecule has 2 rings (SSSR count). The molecule has 88 heavy (non-hydrogen) atoms. The molecule has 0 radical (unpaired) electrons. The van der Waals surface area contributed by atoms with Gasteiger partial charge in [0.05, 0.1) is 19.3 Å². The molecular formula is C64H109N11O13. The van der Waals surface area contributed by atoms with E-state index < -0.39 is 162 Å². The van der Waals surface area contributed by atoms with Crippen molar-refractivity contribution in [3.8, 4) is 5.75 Å². The third-order valence-corrected chi connectivity index (χ3v) is 16.4. The number of rotatable bonds is 15. The summed E-state index contributed by atoms with van der Waals surface area (Å²) in [6, 6.07) is -3.86. The Hall–Kier alpha value is -6.85. The van der Waals surface area contributed by atoms with Gasteiger partial charge in [-0.25, -0.2) is 0 Å². The number of hydrogen-bond donors (Lipinski definition) is 5. The van der Waals surface area contributed by atoms with Crippen molar-refractivity contribution in [2.24, 2.45) is 41.4 Å². The molecule has 1 fully saturated rings. The maximum absolute atomic E-state index is 15.3. The number of para-hydroxylation sites is 1. The zero-order valence-electron chi connectivity index (χ0n) is 57.0. The number of benzene rings is 1. The van der Waals surface area contributed by atoms with Crippen molar-refractivity contribution >= 4 is 65.0 Å². The van der Waals surface area contributed by atoms with E-state index in [1.54, 1.807) is 85.7 Å². The molecule has 11 amide bonds. The number of carbonyl (C=O) groups excluding carboxylic acids is 11. The van der Waals surface area contributed by atoms with E-state index in [1.807, 2.05) is 41.5 Å². The predicted octanol–water partition coefficient (Wildman–Crippen LogP) is 2.99. The summed E-state index contributed by atoms with van der Waals surface area (Å²) < 4.78 is 5.99. The van der Waals surface area contributed by atoms with Gasteiger partial charge in [0.1, 0.15) is 66.2 Å². The van der Waals surface area contributed by atoms with Crippen LogP contribution in [0.1, 0.15) is 136 Å². The highest BCUT2D eigenvalue weighted by Gasteiger charge is 2.46. The van der Waals surface area contributed by atoms with Crippen LogP contribution in [-0.2, 0) is 52.7 Å². The van der Waals surface area contributed by atoms with Crippen LogP contribution in [-0.4, -0.2) is 233 Å². The zero-order chi connectivity index (χ0) is 67.7. The van der Waals surface area contributed by atoms with Gasteiger partial charge in [-0.15, -0.1) is 0 Å². The van der Waals surface area contributed by atoms with Crippen molar-refractivity contribution in [1.29, 1.82) is 0 Å². The zero-order valence-corrected chi connectivity index (χ0v) is 57.0. The fraction of sp³-hybridized carbons (Fsp3) is 0.734. The SMILES string of the molecule is CC[C@@H]1NC(=O)[C@H]([C@H](O)[C@H](C)COc2ccccc2)N(C)C(=O)[C@H](C(C)C)N(C)C(=O)[C@H](CC(C)C)N(C)C(=O)[C@H](CC(C)C)N(C)C(=O)[C@@H](C)NC(=O)[C@H](C)NC(=O)[C@H](CC(C)C)N(C)C(=O)[C@H](C(C)C)NC(=O)[C@H](C(C)C)N(C)C(=O)CN(C)C1=O. The van der Waals surface area contributed by atoms with Crippen LogP contribution in [0, 0.1) is 41.4 Å². The van der Waals surface area contributed by atoms with Crippen LogP contribution in [0.15, 0.2) is 30.3 Å². The lowest BCUT2D eigenvalue weighted by Gasteiger charge is -2.41. The third kappa shape index (κ3) is 20.9. The van der Waals surface area contributed by atoms with Gasteiger partial charge in [0.15, 0.2) is 0 Å². The van der Waals surface area contributed by atoms with E-state index in [1.165, 1.54) is 87.7 Å². The molecule has 24 nitrogen and oxygen atoms in total. The Bertz CT molecular complexity index is 2550. The van der Waals surface area contributed by atoms with Crippen molar-refractivity contribution in [2.75, 3.05) is 62.5 Å². The standard InChI is InChI=1S/C64H109N11O13/c1-24-45-60(83)69(17)33-49(76)73(21)51(39(10)11)57(80)68-50(38(8)9)63(86)70(18)46(30-35(2)3)56(79)65-42(15)55(78)66-43(16)59(82)71(19)47(31-36(4)5)61(84)72(20)48(32-37(6)7)62(85)74(22)52(40(12)13)64(87)75(23)53(58(81)67-45)54(77)41(14)34-88-44-28-26-25-27-29-44/h25-29,35-43,45-48,50-54,77H,24,30-34H2,1-23H3,(H,65,79)(H,66,78)(H,67,81)(H,68,80)/t41-,42+,43-,45+,46+,47+,48+,50+,51+,52+,53+,54-/m1/s1. The van der Waals surface area contributed by atoms with Crippen LogP contribution in [0.3, 0.4) is 0 Å². The highest BCUT2D eigenvalue weighted by molar-refractivity contribution is 5.99. The summed E-state index contributed by atoms with van der Waals surface area (Å²) in [5.74, 6) is -10.2. The second-order valence-electron chi connectivity index (χ2n) is 26.5. The molecule has 12 atom stereocenters. The Morgan fingerprint density at radius 2 is 0.909 bits per heavy atom. The van der Waals surface area contributed by atoms with Gasteiger partial charge in [-0.3, -0.25) is 52.7 Å². The molecule has 1 saturated heterocycles. The molecule has 0 saturated carbocycles. The molecule has 0 aromatic heterocycles. The Kier molecular flexibility index (Phi) is 30.5. The lowest BCUT2D eigenvalue weighted by atomic mass is 9.93. The number of likely N-dealkylation sites (N-methyl/N-ethyl adjacent to an activating group) is 7. The minimum atomic E-state index is -1.70. The fourth-order valence-corrected chi connectivity index (χ4v) is 11.0. The number of ether oxygens (including phenoxy) is 1. The molecule has 5 N–H and O–H groups in total. The van der Waals surface area contributed by atoms with Gasteiger partial charge in [-0.2, -0.15) is 0 Å². The van der Waals surface area contributed by atoms with Gasteiger partial charge in [0.25, 0.3) is 0 Å². The van der Waals surface area contributed by atoms with Crippen LogP contribution >= 0.6 is 0 Å². The maximum atomic E-state index is 15.3. The van der Waals surface area contributed by atoms with Gasteiger partial charge in [0.2, 0.25) is 65.0 Å². The normalized spacial score (nSPS) is 26.2. The average Bonchev–Trinajstić information content (AvgIpc) is 1.69. The van der Waals surface area contributed by atoms with E-state index in [0.29, 0.717) is 5.75 Å². The number of aliphatic hydroxyl groups excluding tert-OH is 1. The molecule has 0 bridgehead atoms. The number of hydrogen-bond acceptors (Lipinski definition) is 13. The van der Waals surface area contributed by atoms with Crippen LogP contribution in [0.4, 0.5) is 0 Å². The summed E-state index contributed by atoms with van der Waals surface area (Å²) in [6.07, 6.45) is -1.22. The Morgan fingerprint density at radius 1 is 0.466 bits per heavy atom. The van der Waals surface area contributed by atoms with Crippen molar-refractivity contribution < 1.29 is 62.6 Å². The number of carbonyl (C=O) groups is 11. The van der Waals surface area contributed by atoms with Crippen LogP contribution in [0.5, 0.6) is 5.75 Å². The molecule has 1 aliphatic heterocycles. The predicted molar refractivity (Wildman–Crippen MR) is 336 cm³/mol. The monoisotopic (exact) mass is 1240 g/mol. The number of nitrogens with one attached hydrogen (secondary N) is 4. The topological polar surface area (TPSA) is 288 Å². The maximum Gasteiger partial charge on any atom is 0.246 e. The van der Waals surface area contributed by atoms with E-state index in [9.17, 15) is 43.5 Å². The molecule has 1 heterocycles. The molecule has 1 aromatic carbocycles. The molecule has 1 aromatic rings. The van der Waals surface area contributed by atoms with Crippen molar-refractivity contribution in [2.45, 2.75) is 203 Å². The van der Waals surface area contributed by atoms with Gasteiger partial charge in [0, 0.05) is 55.3 Å². The van der Waals surface area contributed by atoms with E-state index in [4.69, 9.17) is 4.74 Å². The average molecular weight is 1240 g/mol. The van der Waals surface area contributed by atoms with Gasteiger partial charge in [-0.05, 0) is 87.2 Å². The van der Waals surface area contributed by atoms with Crippen molar-refractivity contribution in [1.82, 2.24) is 55.6 Å². The molecule has 1 aliphatic rings. The lowest BCUT2D eigenvalue weighted by molar-refractivity contribution is -0.157. The Labute approximate surface area is 524 Å². The first-order chi connectivity index (χ1) is 40.7. The second kappa shape index (κ2) is 34.8. The molecule has 498 valence electrons. The summed E-state index contributed by atoms with van der Waals surface area (Å²) >= 11 is 0. The van der Waals surface area contributed by atoms with E-state index in [0.717, 1.165) is 9.80 Å². The quantitative estimate of drug-likeness (QED) is 0.169. The fourth-order valence-electron chi connectivity index (χ4n) is 11.0. The minimum absolute atomic E-state index is 0.00769. The summed E-state index contributed by atoms with van der Waals surface area (Å²) in [5.41, 5.74) is 0. The summed E-state index contributed by atoms with van der Waals surface area (Å²) in [7, 11) is 9.81. The molecule has 24 heteroatoms. The molecular weight excluding hydrogens is 1130 g/mol. The van der Waals surface area contributed by atoms with Gasteiger partial charge >= 0.3 is 0 Å². The van der Waals surface area contributed by atoms with Gasteiger partial charge < -0.3 is 65.4 Å². The van der Waals surface area contributed by atoms with E-state index >= 15 is 14.4 Å². The first kappa shape index (κ1) is 77.2. The molecule has 0 aliphatic carbocycles. The molecule has 0 unspecified atom stereocenters. The Morgan fingerprint density at radius 3 is 1.39 bits per heavy atom. The van der Waals surface area contributed by atoms with Crippen LogP contribution in [0.25, 0.3) is 0 Å². The third-order valence-electron chi connectivity index (χ3n) is 16.4. The highest BCUT2D eigenvalue weighted by atomic mass is 16.5. The lowest BCUT2D eigenvalue weighted by Crippen LogP contribution is -2.63. The summed E-state index contributed by atoms with van der Waals surface area (Å²) in [5, 5.41) is 23.2. The summed E-state index contributed by atoms with van der Waals surface area (Å²) in [6.45, 7) is 26.9. The largest absolute Gasteiger partial charge is 0.493 e.